The molecule has 2 heterocycles. The van der Waals surface area contributed by atoms with E-state index in [0.29, 0.717) is 5.92 Å². The van der Waals surface area contributed by atoms with Gasteiger partial charge in [0, 0.05) is 49.3 Å². The van der Waals surface area contributed by atoms with Crippen LogP contribution in [0.1, 0.15) is 46.1 Å². The molecule has 1 aromatic carbocycles. The lowest BCUT2D eigenvalue weighted by molar-refractivity contribution is -0.134. The Balaban J connectivity index is 2.00. The molecular formula is C19H27N3O. The van der Waals surface area contributed by atoms with Crippen LogP contribution in [0.4, 0.5) is 5.69 Å². The Bertz CT molecular complexity index is 729. The van der Waals surface area contributed by atoms with Crippen LogP contribution >= 0.6 is 0 Å². The number of aromatic nitrogens is 1. The molecule has 1 aromatic heterocycles. The molecule has 0 atom stereocenters. The van der Waals surface area contributed by atoms with E-state index in [1.807, 2.05) is 11.1 Å². The summed E-state index contributed by atoms with van der Waals surface area (Å²) in [6.07, 6.45) is 2.01. The largest absolute Gasteiger partial charge is 0.367 e. The molecule has 2 aromatic rings. The zero-order chi connectivity index (χ0) is 16.8. The second kappa shape index (κ2) is 5.59. The van der Waals surface area contributed by atoms with Crippen molar-refractivity contribution in [1.29, 1.82) is 0 Å². The van der Waals surface area contributed by atoms with Crippen LogP contribution in [0.15, 0.2) is 24.4 Å². The molecule has 1 aliphatic heterocycles. The summed E-state index contributed by atoms with van der Waals surface area (Å²) in [5.74, 6) is 0.658. The van der Waals surface area contributed by atoms with E-state index in [-0.39, 0.29) is 11.4 Å². The van der Waals surface area contributed by atoms with Crippen molar-refractivity contribution in [2.75, 3.05) is 24.5 Å². The van der Waals surface area contributed by atoms with E-state index in [4.69, 9.17) is 0 Å². The van der Waals surface area contributed by atoms with Crippen molar-refractivity contribution >= 4 is 22.5 Å². The summed E-state index contributed by atoms with van der Waals surface area (Å²) in [5, 5.41) is 1.27. The van der Waals surface area contributed by atoms with Crippen LogP contribution in [-0.4, -0.2) is 41.0 Å². The second-order valence-electron chi connectivity index (χ2n) is 7.54. The number of H-pyrrole nitrogens is 1. The molecule has 0 saturated carbocycles. The predicted octanol–water partition coefficient (Wildman–Crippen LogP) is 3.74. The minimum Gasteiger partial charge on any atom is -0.367 e. The molecule has 1 saturated heterocycles. The first kappa shape index (κ1) is 15.9. The van der Waals surface area contributed by atoms with Crippen LogP contribution in [0.25, 0.3) is 10.9 Å². The molecule has 0 unspecified atom stereocenters. The van der Waals surface area contributed by atoms with Crippen LogP contribution in [0.2, 0.25) is 0 Å². The number of carbonyl (C=O) groups is 1. The second-order valence-corrected chi connectivity index (χ2v) is 7.54. The maximum atomic E-state index is 11.9. The van der Waals surface area contributed by atoms with Crippen LogP contribution < -0.4 is 4.90 Å². The van der Waals surface area contributed by atoms with Gasteiger partial charge in [-0.3, -0.25) is 4.79 Å². The normalized spacial score (nSPS) is 18.0. The molecule has 0 bridgehead atoms. The number of aromatic amines is 1. The Morgan fingerprint density at radius 3 is 2.61 bits per heavy atom. The van der Waals surface area contributed by atoms with Gasteiger partial charge < -0.3 is 14.8 Å². The van der Waals surface area contributed by atoms with E-state index in [0.717, 1.165) is 19.6 Å². The lowest BCUT2D eigenvalue weighted by Crippen LogP contribution is -2.60. The monoisotopic (exact) mass is 313 g/mol. The molecule has 0 radical (unpaired) electrons. The average molecular weight is 313 g/mol. The van der Waals surface area contributed by atoms with Crippen molar-refractivity contribution in [3.8, 4) is 0 Å². The van der Waals surface area contributed by atoms with Gasteiger partial charge in [0.1, 0.15) is 0 Å². The number of hydrogen-bond donors (Lipinski definition) is 1. The maximum Gasteiger partial charge on any atom is 0.220 e. The first-order chi connectivity index (χ1) is 10.8. The van der Waals surface area contributed by atoms with Gasteiger partial charge in [-0.25, -0.2) is 0 Å². The van der Waals surface area contributed by atoms with Gasteiger partial charge in [0.05, 0.1) is 5.54 Å². The minimum absolute atomic E-state index is 0.152. The van der Waals surface area contributed by atoms with Gasteiger partial charge in [0.25, 0.3) is 0 Å². The Morgan fingerprint density at radius 1 is 1.26 bits per heavy atom. The highest BCUT2D eigenvalue weighted by molar-refractivity contribution is 5.93. The summed E-state index contributed by atoms with van der Waals surface area (Å²) >= 11 is 0. The summed E-state index contributed by atoms with van der Waals surface area (Å²) in [7, 11) is 0. The first-order valence-corrected chi connectivity index (χ1v) is 8.44. The smallest absolute Gasteiger partial charge is 0.220 e. The first-order valence-electron chi connectivity index (χ1n) is 8.44. The lowest BCUT2D eigenvalue weighted by atomic mass is 9.96. The predicted molar refractivity (Wildman–Crippen MR) is 96.1 cm³/mol. The molecule has 0 aliphatic carbocycles. The zero-order valence-corrected chi connectivity index (χ0v) is 14.8. The SMILES string of the molecule is CC(=O)N1CCN(c2cc(C(C)C)cc3[nH]ccc23)CC1(C)C. The van der Waals surface area contributed by atoms with Crippen molar-refractivity contribution < 1.29 is 4.79 Å². The quantitative estimate of drug-likeness (QED) is 0.917. The highest BCUT2D eigenvalue weighted by Gasteiger charge is 2.35. The number of hydrogen-bond acceptors (Lipinski definition) is 2. The van der Waals surface area contributed by atoms with Crippen LogP contribution in [0.3, 0.4) is 0 Å². The van der Waals surface area contributed by atoms with E-state index >= 15 is 0 Å². The van der Waals surface area contributed by atoms with E-state index in [1.165, 1.54) is 22.2 Å². The summed E-state index contributed by atoms with van der Waals surface area (Å²) in [5.41, 5.74) is 3.67. The van der Waals surface area contributed by atoms with Gasteiger partial charge in [0.2, 0.25) is 5.91 Å². The fourth-order valence-electron chi connectivity index (χ4n) is 3.71. The van der Waals surface area contributed by atoms with Gasteiger partial charge in [-0.15, -0.1) is 0 Å². The maximum absolute atomic E-state index is 11.9. The zero-order valence-electron chi connectivity index (χ0n) is 14.8. The molecule has 3 rings (SSSR count). The molecular weight excluding hydrogens is 286 g/mol. The summed E-state index contributed by atoms with van der Waals surface area (Å²) < 4.78 is 0. The Hall–Kier alpha value is -1.97. The molecule has 1 amide bonds. The van der Waals surface area contributed by atoms with Gasteiger partial charge in [-0.1, -0.05) is 13.8 Å². The summed E-state index contributed by atoms with van der Waals surface area (Å²) in [6.45, 7) is 12.9. The topological polar surface area (TPSA) is 39.3 Å². The number of piperazine rings is 1. The molecule has 1 N–H and O–H groups in total. The van der Waals surface area contributed by atoms with Crippen LogP contribution in [0, 0.1) is 0 Å². The molecule has 1 fully saturated rings. The van der Waals surface area contributed by atoms with E-state index in [9.17, 15) is 4.79 Å². The highest BCUT2D eigenvalue weighted by atomic mass is 16.2. The van der Waals surface area contributed by atoms with E-state index in [1.54, 1.807) is 6.92 Å². The van der Waals surface area contributed by atoms with Gasteiger partial charge in [0.15, 0.2) is 0 Å². The minimum atomic E-state index is -0.152. The molecule has 124 valence electrons. The van der Waals surface area contributed by atoms with Crippen molar-refractivity contribution in [3.05, 3.63) is 30.0 Å². The molecule has 4 nitrogen and oxygen atoms in total. The van der Waals surface area contributed by atoms with E-state index < -0.39 is 0 Å². The Morgan fingerprint density at radius 2 is 2.00 bits per heavy atom. The number of fused-ring (bicyclic) bond motifs is 1. The number of amides is 1. The van der Waals surface area contributed by atoms with Gasteiger partial charge in [-0.2, -0.15) is 0 Å². The third kappa shape index (κ3) is 2.82. The molecule has 0 spiro atoms. The van der Waals surface area contributed by atoms with Gasteiger partial charge >= 0.3 is 0 Å². The highest BCUT2D eigenvalue weighted by Crippen LogP contribution is 2.34. The van der Waals surface area contributed by atoms with E-state index in [2.05, 4.69) is 55.8 Å². The lowest BCUT2D eigenvalue weighted by Gasteiger charge is -2.47. The van der Waals surface area contributed by atoms with Crippen molar-refractivity contribution in [2.24, 2.45) is 0 Å². The number of nitrogens with one attached hydrogen (secondary N) is 1. The summed E-state index contributed by atoms with van der Waals surface area (Å²) in [6, 6.07) is 6.72. The van der Waals surface area contributed by atoms with Gasteiger partial charge in [-0.05, 0) is 43.5 Å². The molecule has 23 heavy (non-hydrogen) atoms. The number of benzene rings is 1. The van der Waals surface area contributed by atoms with Crippen molar-refractivity contribution in [3.63, 3.8) is 0 Å². The fraction of sp³-hybridized carbons (Fsp3) is 0.526. The fourth-order valence-corrected chi connectivity index (χ4v) is 3.71. The Labute approximate surface area is 138 Å². The molecule has 1 aliphatic rings. The van der Waals surface area contributed by atoms with Crippen LogP contribution in [0.5, 0.6) is 0 Å². The van der Waals surface area contributed by atoms with Crippen molar-refractivity contribution in [1.82, 2.24) is 9.88 Å². The Kier molecular flexibility index (Phi) is 3.86. The third-order valence-corrected chi connectivity index (χ3v) is 4.96. The third-order valence-electron chi connectivity index (χ3n) is 4.96. The average Bonchev–Trinajstić information content (AvgIpc) is 2.92. The number of anilines is 1. The molecule has 4 heteroatoms. The van der Waals surface area contributed by atoms with Crippen molar-refractivity contribution in [2.45, 2.75) is 46.1 Å². The number of rotatable bonds is 2. The number of carbonyl (C=O) groups excluding carboxylic acids is 1. The number of nitrogens with zero attached hydrogens (tertiary/aromatic N) is 2. The van der Waals surface area contributed by atoms with Crippen LogP contribution in [-0.2, 0) is 4.79 Å². The standard InChI is InChI=1S/C19H27N3O/c1-13(2)15-10-17-16(6-7-20-17)18(11-15)21-8-9-22(14(3)23)19(4,5)12-21/h6-7,10-11,13,20H,8-9,12H2,1-5H3. The summed E-state index contributed by atoms with van der Waals surface area (Å²) in [4.78, 5) is 19.6.